The number of aromatic hydroxyl groups is 1. The summed E-state index contributed by atoms with van der Waals surface area (Å²) in [5.74, 6) is 0.0336. The average molecular weight is 345 g/mol. The van der Waals surface area contributed by atoms with E-state index in [2.05, 4.69) is 11.9 Å². The van der Waals surface area contributed by atoms with Crippen LogP contribution in [0.2, 0.25) is 0 Å². The molecule has 2 rings (SSSR count). The first-order valence-corrected chi connectivity index (χ1v) is 7.64. The highest BCUT2D eigenvalue weighted by Crippen LogP contribution is 2.27. The fourth-order valence-corrected chi connectivity index (χ4v) is 2.04. The fraction of sp³-hybridized carbons (Fsp3) is 0.222. The molecule has 0 aromatic heterocycles. The molecule has 0 saturated heterocycles. The molecule has 2 aromatic carbocycles. The lowest BCUT2D eigenvalue weighted by atomic mass is 10.1. The standard InChI is InChI=1S/C18H19NO6/c1-2-17(21)24-11-10-23-9-8-19-18(22)25-14-6-7-15-13(12-14)4-3-5-16(15)20/h2-7,12,20H,1,8-11H2,(H,19,22). The molecule has 0 saturated carbocycles. The minimum atomic E-state index is -0.610. The number of benzene rings is 2. The van der Waals surface area contributed by atoms with E-state index in [1.54, 1.807) is 30.3 Å². The second-order valence-electron chi connectivity index (χ2n) is 4.96. The third-order valence-corrected chi connectivity index (χ3v) is 3.19. The predicted molar refractivity (Wildman–Crippen MR) is 91.6 cm³/mol. The largest absolute Gasteiger partial charge is 0.507 e. The Morgan fingerprint density at radius 3 is 2.80 bits per heavy atom. The zero-order valence-corrected chi connectivity index (χ0v) is 13.6. The van der Waals surface area contributed by atoms with Crippen molar-refractivity contribution in [3.05, 3.63) is 49.1 Å². The molecule has 0 fully saturated rings. The number of phenols is 1. The minimum Gasteiger partial charge on any atom is -0.507 e. The Labute approximate surface area is 144 Å². The van der Waals surface area contributed by atoms with Gasteiger partial charge in [-0.1, -0.05) is 18.7 Å². The van der Waals surface area contributed by atoms with E-state index < -0.39 is 12.1 Å². The molecule has 2 N–H and O–H groups in total. The Morgan fingerprint density at radius 1 is 1.16 bits per heavy atom. The van der Waals surface area contributed by atoms with Crippen LogP contribution in [0.15, 0.2) is 49.1 Å². The molecule has 1 amide bonds. The van der Waals surface area contributed by atoms with Crippen molar-refractivity contribution in [3.8, 4) is 11.5 Å². The first-order chi connectivity index (χ1) is 12.1. The lowest BCUT2D eigenvalue weighted by Crippen LogP contribution is -2.30. The summed E-state index contributed by atoms with van der Waals surface area (Å²) in [5, 5.41) is 13.7. The molecule has 0 heterocycles. The Morgan fingerprint density at radius 2 is 2.00 bits per heavy atom. The summed E-state index contributed by atoms with van der Waals surface area (Å²) < 4.78 is 15.1. The van der Waals surface area contributed by atoms with Gasteiger partial charge in [0.25, 0.3) is 0 Å². The van der Waals surface area contributed by atoms with Crippen LogP contribution in [-0.4, -0.2) is 43.5 Å². The van der Waals surface area contributed by atoms with Crippen LogP contribution in [0.5, 0.6) is 11.5 Å². The van der Waals surface area contributed by atoms with Crippen LogP contribution in [0.4, 0.5) is 4.79 Å². The number of amides is 1. The number of nitrogens with one attached hydrogen (secondary N) is 1. The summed E-state index contributed by atoms with van der Waals surface area (Å²) >= 11 is 0. The zero-order valence-electron chi connectivity index (χ0n) is 13.6. The van der Waals surface area contributed by atoms with Crippen LogP contribution in [0.25, 0.3) is 10.8 Å². The first kappa shape index (κ1) is 18.3. The van der Waals surface area contributed by atoms with Crippen molar-refractivity contribution >= 4 is 22.8 Å². The minimum absolute atomic E-state index is 0.124. The summed E-state index contributed by atoms with van der Waals surface area (Å²) in [5.41, 5.74) is 0. The Balaban J connectivity index is 1.68. The van der Waals surface area contributed by atoms with E-state index in [4.69, 9.17) is 14.2 Å². The number of ether oxygens (including phenoxy) is 3. The highest BCUT2D eigenvalue weighted by Gasteiger charge is 2.06. The number of carbonyl (C=O) groups is 2. The summed E-state index contributed by atoms with van der Waals surface area (Å²) in [4.78, 5) is 22.5. The van der Waals surface area contributed by atoms with Gasteiger partial charge in [0.15, 0.2) is 0 Å². The van der Waals surface area contributed by atoms with Gasteiger partial charge in [-0.3, -0.25) is 0 Å². The van der Waals surface area contributed by atoms with Crippen molar-refractivity contribution in [1.82, 2.24) is 5.32 Å². The van der Waals surface area contributed by atoms with E-state index in [0.29, 0.717) is 11.1 Å². The van der Waals surface area contributed by atoms with Crippen LogP contribution in [-0.2, 0) is 14.3 Å². The average Bonchev–Trinajstić information content (AvgIpc) is 2.60. The second kappa shape index (κ2) is 9.29. The molecule has 0 atom stereocenters. The van der Waals surface area contributed by atoms with Gasteiger partial charge in [-0.05, 0) is 29.7 Å². The molecule has 25 heavy (non-hydrogen) atoms. The van der Waals surface area contributed by atoms with Crippen LogP contribution in [0, 0.1) is 0 Å². The normalized spacial score (nSPS) is 10.2. The Kier molecular flexibility index (Phi) is 6.79. The van der Waals surface area contributed by atoms with E-state index in [1.807, 2.05) is 6.07 Å². The monoisotopic (exact) mass is 345 g/mol. The summed E-state index contributed by atoms with van der Waals surface area (Å²) in [6, 6.07) is 10.1. The summed E-state index contributed by atoms with van der Waals surface area (Å²) in [6.07, 6.45) is 0.465. The maximum Gasteiger partial charge on any atom is 0.412 e. The smallest absolute Gasteiger partial charge is 0.412 e. The topological polar surface area (TPSA) is 94.1 Å². The quantitative estimate of drug-likeness (QED) is 0.433. The lowest BCUT2D eigenvalue weighted by molar-refractivity contribution is -0.139. The molecule has 0 aliphatic rings. The highest BCUT2D eigenvalue weighted by molar-refractivity contribution is 5.89. The van der Waals surface area contributed by atoms with Gasteiger partial charge in [0.1, 0.15) is 18.1 Å². The maximum absolute atomic E-state index is 11.7. The third-order valence-electron chi connectivity index (χ3n) is 3.19. The number of phenolic OH excluding ortho intramolecular Hbond substituents is 1. The number of rotatable bonds is 8. The van der Waals surface area contributed by atoms with Crippen molar-refractivity contribution in [1.29, 1.82) is 0 Å². The van der Waals surface area contributed by atoms with E-state index in [9.17, 15) is 14.7 Å². The second-order valence-corrected chi connectivity index (χ2v) is 4.96. The van der Waals surface area contributed by atoms with Crippen LogP contribution >= 0.6 is 0 Å². The molecule has 7 nitrogen and oxygen atoms in total. The number of carbonyl (C=O) groups excluding carboxylic acids is 2. The third kappa shape index (κ3) is 5.82. The number of hydrogen-bond donors (Lipinski definition) is 2. The van der Waals surface area contributed by atoms with Crippen LogP contribution in [0.3, 0.4) is 0 Å². The van der Waals surface area contributed by atoms with Crippen LogP contribution < -0.4 is 10.1 Å². The molecule has 0 unspecified atom stereocenters. The van der Waals surface area contributed by atoms with Gasteiger partial charge in [-0.15, -0.1) is 0 Å². The molecule has 0 spiro atoms. The van der Waals surface area contributed by atoms with Gasteiger partial charge < -0.3 is 24.6 Å². The van der Waals surface area contributed by atoms with E-state index in [1.165, 1.54) is 0 Å². The van der Waals surface area contributed by atoms with Gasteiger partial charge in [0.2, 0.25) is 0 Å². The fourth-order valence-electron chi connectivity index (χ4n) is 2.04. The van der Waals surface area contributed by atoms with E-state index in [0.717, 1.165) is 11.5 Å². The Bertz CT molecular complexity index is 758. The summed E-state index contributed by atoms with van der Waals surface area (Å²) in [7, 11) is 0. The van der Waals surface area contributed by atoms with Crippen molar-refractivity contribution in [2.75, 3.05) is 26.4 Å². The number of hydrogen-bond acceptors (Lipinski definition) is 6. The first-order valence-electron chi connectivity index (χ1n) is 7.64. The van der Waals surface area contributed by atoms with E-state index >= 15 is 0 Å². The van der Waals surface area contributed by atoms with Gasteiger partial charge in [0, 0.05) is 18.0 Å². The van der Waals surface area contributed by atoms with Crippen LogP contribution in [0.1, 0.15) is 0 Å². The van der Waals surface area contributed by atoms with Crippen molar-refractivity contribution in [3.63, 3.8) is 0 Å². The molecule has 132 valence electrons. The molecule has 0 aliphatic carbocycles. The Hall–Kier alpha value is -3.06. The molecule has 2 aromatic rings. The molecule has 0 aliphatic heterocycles. The molecule has 0 radical (unpaired) electrons. The molecule has 7 heteroatoms. The zero-order chi connectivity index (χ0) is 18.1. The summed E-state index contributed by atoms with van der Waals surface area (Å²) in [6.45, 7) is 4.13. The van der Waals surface area contributed by atoms with Crippen molar-refractivity contribution in [2.24, 2.45) is 0 Å². The van der Waals surface area contributed by atoms with Gasteiger partial charge in [0.05, 0.1) is 13.2 Å². The maximum atomic E-state index is 11.7. The SMILES string of the molecule is C=CC(=O)OCCOCCNC(=O)Oc1ccc2c(O)cccc2c1. The number of esters is 1. The molecular weight excluding hydrogens is 326 g/mol. The van der Waals surface area contributed by atoms with Gasteiger partial charge in [-0.25, -0.2) is 9.59 Å². The predicted octanol–water partition coefficient (Wildman–Crippen LogP) is 2.38. The lowest BCUT2D eigenvalue weighted by Gasteiger charge is -2.08. The van der Waals surface area contributed by atoms with Crippen molar-refractivity contribution < 1.29 is 28.9 Å². The molecule has 0 bridgehead atoms. The van der Waals surface area contributed by atoms with Crippen molar-refractivity contribution in [2.45, 2.75) is 0 Å². The number of fused-ring (bicyclic) bond motifs is 1. The van der Waals surface area contributed by atoms with Gasteiger partial charge >= 0.3 is 12.1 Å². The van der Waals surface area contributed by atoms with E-state index in [-0.39, 0.29) is 32.1 Å². The highest BCUT2D eigenvalue weighted by atomic mass is 16.6. The van der Waals surface area contributed by atoms with Gasteiger partial charge in [-0.2, -0.15) is 0 Å². The molecular formula is C18H19NO6.